The Morgan fingerprint density at radius 1 is 1.28 bits per heavy atom. The first-order valence-corrected chi connectivity index (χ1v) is 10.5. The lowest BCUT2D eigenvalue weighted by atomic mass is 9.89. The van der Waals surface area contributed by atoms with Gasteiger partial charge in [-0.3, -0.25) is 5.43 Å². The van der Waals surface area contributed by atoms with Crippen molar-refractivity contribution in [3.05, 3.63) is 54.3 Å². The van der Waals surface area contributed by atoms with Crippen LogP contribution in [0.15, 0.2) is 47.1 Å². The first-order valence-electron chi connectivity index (χ1n) is 10.5. The van der Waals surface area contributed by atoms with E-state index < -0.39 is 6.10 Å². The van der Waals surface area contributed by atoms with E-state index in [1.807, 2.05) is 36.0 Å². The van der Waals surface area contributed by atoms with Crippen LogP contribution in [0.5, 0.6) is 0 Å². The third-order valence-corrected chi connectivity index (χ3v) is 6.54. The molecule has 0 spiro atoms. The second kappa shape index (κ2) is 7.91. The molecule has 3 N–H and O–H groups in total. The quantitative estimate of drug-likeness (QED) is 0.616. The molecule has 2 aromatic heterocycles. The average molecular weight is 396 g/mol. The third kappa shape index (κ3) is 3.71. The van der Waals surface area contributed by atoms with Crippen molar-refractivity contribution in [3.63, 3.8) is 0 Å². The number of aromatic nitrogens is 2. The molecule has 3 unspecified atom stereocenters. The zero-order chi connectivity index (χ0) is 19.8. The number of para-hydroxylation sites is 1. The largest absolute Gasteiger partial charge is 0.459 e. The number of fused-ring (bicyclic) bond motifs is 1. The molecule has 2 saturated heterocycles. The Morgan fingerprint density at radius 2 is 2.10 bits per heavy atom. The number of furan rings is 1. The summed E-state index contributed by atoms with van der Waals surface area (Å²) in [7, 11) is 1.94. The summed E-state index contributed by atoms with van der Waals surface area (Å²) in [6.45, 7) is 3.97. The van der Waals surface area contributed by atoms with E-state index in [4.69, 9.17) is 4.42 Å². The standard InChI is InChI=1S/C22H29N5O2/c1-26-11-8-23-22(26)21(28)15-6-9-27(10-7-15)14-17-13-24-25-20(17)19-12-16-4-2-3-5-18(16)29-19/h2-5,8,11-12,15,17,20-21,24-25,28H,6-7,9-10,13-14H2,1H3. The fourth-order valence-electron chi connectivity index (χ4n) is 4.82. The molecule has 0 radical (unpaired) electrons. The van der Waals surface area contributed by atoms with Gasteiger partial charge < -0.3 is 19.0 Å². The zero-order valence-electron chi connectivity index (χ0n) is 16.8. The van der Waals surface area contributed by atoms with E-state index in [-0.39, 0.29) is 12.0 Å². The zero-order valence-corrected chi connectivity index (χ0v) is 16.8. The number of rotatable bonds is 5. The van der Waals surface area contributed by atoms with Gasteiger partial charge in [-0.2, -0.15) is 0 Å². The molecule has 0 amide bonds. The summed E-state index contributed by atoms with van der Waals surface area (Å²) in [6.07, 6.45) is 5.17. The van der Waals surface area contributed by atoms with Crippen LogP contribution < -0.4 is 10.9 Å². The highest BCUT2D eigenvalue weighted by Gasteiger charge is 2.34. The minimum absolute atomic E-state index is 0.179. The minimum Gasteiger partial charge on any atom is -0.459 e. The van der Waals surface area contributed by atoms with Gasteiger partial charge >= 0.3 is 0 Å². The molecule has 5 rings (SSSR count). The van der Waals surface area contributed by atoms with Gasteiger partial charge in [0, 0.05) is 43.8 Å². The molecule has 3 aromatic rings. The number of hydrazine groups is 1. The van der Waals surface area contributed by atoms with E-state index in [2.05, 4.69) is 32.9 Å². The minimum atomic E-state index is -0.477. The number of nitrogens with one attached hydrogen (secondary N) is 2. The lowest BCUT2D eigenvalue weighted by molar-refractivity contribution is 0.0466. The highest BCUT2D eigenvalue weighted by Crippen LogP contribution is 2.33. The summed E-state index contributed by atoms with van der Waals surface area (Å²) in [5.41, 5.74) is 7.67. The molecule has 1 aromatic carbocycles. The van der Waals surface area contributed by atoms with Crippen LogP contribution in [0.25, 0.3) is 11.0 Å². The fourth-order valence-corrected chi connectivity index (χ4v) is 4.82. The average Bonchev–Trinajstić information content (AvgIpc) is 3.47. The third-order valence-electron chi connectivity index (χ3n) is 6.54. The summed E-state index contributed by atoms with van der Waals surface area (Å²) in [5.74, 6) is 2.50. The summed E-state index contributed by atoms with van der Waals surface area (Å²) in [4.78, 5) is 6.85. The summed E-state index contributed by atoms with van der Waals surface area (Å²) in [5, 5.41) is 11.9. The van der Waals surface area contributed by atoms with Gasteiger partial charge in [0.25, 0.3) is 0 Å². The van der Waals surface area contributed by atoms with Crippen LogP contribution in [0.4, 0.5) is 0 Å². The van der Waals surface area contributed by atoms with Crippen LogP contribution in [0.1, 0.15) is 36.6 Å². The van der Waals surface area contributed by atoms with E-state index in [0.29, 0.717) is 5.92 Å². The Hall–Kier alpha value is -2.19. The second-order valence-electron chi connectivity index (χ2n) is 8.43. The van der Waals surface area contributed by atoms with Crippen molar-refractivity contribution in [2.45, 2.75) is 25.0 Å². The first kappa shape index (κ1) is 18.8. The van der Waals surface area contributed by atoms with Crippen LogP contribution in [-0.2, 0) is 7.05 Å². The highest BCUT2D eigenvalue weighted by atomic mass is 16.3. The first-order chi connectivity index (χ1) is 14.2. The van der Waals surface area contributed by atoms with Gasteiger partial charge in [0.1, 0.15) is 23.3 Å². The maximum atomic E-state index is 10.7. The van der Waals surface area contributed by atoms with E-state index in [9.17, 15) is 5.11 Å². The fraction of sp³-hybridized carbons (Fsp3) is 0.500. The van der Waals surface area contributed by atoms with Crippen LogP contribution >= 0.6 is 0 Å². The van der Waals surface area contributed by atoms with Gasteiger partial charge in [0.05, 0.1) is 6.04 Å². The molecule has 2 fully saturated rings. The van der Waals surface area contributed by atoms with Crippen LogP contribution in [0.3, 0.4) is 0 Å². The Kier molecular flexibility index (Phi) is 5.13. The second-order valence-corrected chi connectivity index (χ2v) is 8.43. The lowest BCUT2D eigenvalue weighted by Crippen LogP contribution is -2.40. The van der Waals surface area contributed by atoms with Crippen LogP contribution in [-0.4, -0.2) is 45.7 Å². The topological polar surface area (TPSA) is 78.5 Å². The number of imidazole rings is 1. The monoisotopic (exact) mass is 395 g/mol. The predicted molar refractivity (Wildman–Crippen MR) is 111 cm³/mol. The van der Waals surface area contributed by atoms with Crippen molar-refractivity contribution >= 4 is 11.0 Å². The Labute approximate surface area is 170 Å². The van der Waals surface area contributed by atoms with Crippen molar-refractivity contribution in [2.75, 3.05) is 26.2 Å². The number of hydrogen-bond donors (Lipinski definition) is 3. The molecule has 2 aliphatic heterocycles. The van der Waals surface area contributed by atoms with E-state index in [1.165, 1.54) is 0 Å². The van der Waals surface area contributed by atoms with Gasteiger partial charge in [-0.05, 0) is 44.0 Å². The number of aryl methyl sites for hydroxylation is 1. The van der Waals surface area contributed by atoms with Gasteiger partial charge in [0.15, 0.2) is 0 Å². The summed E-state index contributed by atoms with van der Waals surface area (Å²) >= 11 is 0. The van der Waals surface area contributed by atoms with Crippen LogP contribution in [0.2, 0.25) is 0 Å². The van der Waals surface area contributed by atoms with Gasteiger partial charge in [-0.25, -0.2) is 10.4 Å². The van der Waals surface area contributed by atoms with E-state index >= 15 is 0 Å². The van der Waals surface area contributed by atoms with Crippen molar-refractivity contribution in [1.82, 2.24) is 25.3 Å². The SMILES string of the molecule is Cn1ccnc1C(O)C1CCN(CC2CNNC2c2cc3ccccc3o2)CC1. The number of benzene rings is 1. The van der Waals surface area contributed by atoms with Gasteiger partial charge in [-0.1, -0.05) is 18.2 Å². The number of likely N-dealkylation sites (tertiary alicyclic amines) is 1. The number of hydrogen-bond acceptors (Lipinski definition) is 6. The van der Waals surface area contributed by atoms with Gasteiger partial charge in [0.2, 0.25) is 0 Å². The lowest BCUT2D eigenvalue weighted by Gasteiger charge is -2.35. The molecule has 154 valence electrons. The molecule has 3 atom stereocenters. The highest BCUT2D eigenvalue weighted by molar-refractivity contribution is 5.77. The number of nitrogens with zero attached hydrogens (tertiary/aromatic N) is 3. The molecule has 0 aliphatic carbocycles. The summed E-state index contributed by atoms with van der Waals surface area (Å²) < 4.78 is 8.03. The molecule has 7 nitrogen and oxygen atoms in total. The normalized spacial score (nSPS) is 25.0. The molecule has 4 heterocycles. The Bertz CT molecular complexity index is 926. The van der Waals surface area contributed by atoms with Crippen molar-refractivity contribution in [1.29, 1.82) is 0 Å². The number of aliphatic hydroxyl groups excluding tert-OH is 1. The number of piperidine rings is 1. The summed E-state index contributed by atoms with van der Waals surface area (Å²) in [6, 6.07) is 10.5. The maximum absolute atomic E-state index is 10.7. The van der Waals surface area contributed by atoms with E-state index in [0.717, 1.165) is 61.6 Å². The molecule has 0 saturated carbocycles. The van der Waals surface area contributed by atoms with E-state index in [1.54, 1.807) is 6.20 Å². The molecule has 0 bridgehead atoms. The predicted octanol–water partition coefficient (Wildman–Crippen LogP) is 2.38. The van der Waals surface area contributed by atoms with Crippen molar-refractivity contribution in [3.8, 4) is 0 Å². The van der Waals surface area contributed by atoms with Crippen molar-refractivity contribution in [2.24, 2.45) is 18.9 Å². The number of aliphatic hydroxyl groups is 1. The molecular formula is C22H29N5O2. The Balaban J connectivity index is 1.20. The Morgan fingerprint density at radius 3 is 2.86 bits per heavy atom. The smallest absolute Gasteiger partial charge is 0.137 e. The molecule has 2 aliphatic rings. The van der Waals surface area contributed by atoms with Gasteiger partial charge in [-0.15, -0.1) is 0 Å². The molecule has 29 heavy (non-hydrogen) atoms. The van der Waals surface area contributed by atoms with Crippen molar-refractivity contribution < 1.29 is 9.52 Å². The maximum Gasteiger partial charge on any atom is 0.137 e. The molecular weight excluding hydrogens is 366 g/mol. The van der Waals surface area contributed by atoms with Crippen LogP contribution in [0, 0.1) is 11.8 Å². The molecule has 7 heteroatoms.